The molecule has 0 saturated heterocycles. The van der Waals surface area contributed by atoms with E-state index in [4.69, 9.17) is 0 Å². The number of halogens is 3. The highest BCUT2D eigenvalue weighted by atomic mass is 19.4. The smallest absolute Gasteiger partial charge is 0.313 e. The predicted octanol–water partition coefficient (Wildman–Crippen LogP) is 3.18. The highest BCUT2D eigenvalue weighted by Crippen LogP contribution is 2.31. The molecule has 0 saturated carbocycles. The third-order valence-corrected chi connectivity index (χ3v) is 4.24. The molecule has 0 bridgehead atoms. The van der Waals surface area contributed by atoms with Crippen LogP contribution in [0, 0.1) is 6.92 Å². The van der Waals surface area contributed by atoms with Crippen LogP contribution in [0.3, 0.4) is 0 Å². The first-order chi connectivity index (χ1) is 10.4. The van der Waals surface area contributed by atoms with Gasteiger partial charge in [0.1, 0.15) is 11.6 Å². The summed E-state index contributed by atoms with van der Waals surface area (Å²) in [6.07, 6.45) is -4.29. The minimum absolute atomic E-state index is 0.0352. The Morgan fingerprint density at radius 2 is 1.77 bits per heavy atom. The molecule has 22 heavy (non-hydrogen) atoms. The van der Waals surface area contributed by atoms with Gasteiger partial charge >= 0.3 is 6.18 Å². The lowest BCUT2D eigenvalue weighted by atomic mass is 10.0. The van der Waals surface area contributed by atoms with E-state index in [0.29, 0.717) is 6.54 Å². The largest absolute Gasteiger partial charge is 0.416 e. The summed E-state index contributed by atoms with van der Waals surface area (Å²) in [7, 11) is 0. The van der Waals surface area contributed by atoms with Crippen molar-refractivity contribution in [2.24, 2.45) is 0 Å². The Morgan fingerprint density at radius 3 is 2.41 bits per heavy atom. The average Bonchev–Trinajstić information content (AvgIpc) is 2.87. The maximum atomic E-state index is 12.6. The minimum atomic E-state index is -4.29. The van der Waals surface area contributed by atoms with Gasteiger partial charge in [0.15, 0.2) is 0 Å². The summed E-state index contributed by atoms with van der Waals surface area (Å²) in [5, 5.41) is 8.22. The first-order valence-corrected chi connectivity index (χ1v) is 7.16. The van der Waals surface area contributed by atoms with Gasteiger partial charge in [0, 0.05) is 19.1 Å². The second kappa shape index (κ2) is 5.39. The molecule has 118 valence electrons. The fourth-order valence-corrected chi connectivity index (χ4v) is 2.81. The van der Waals surface area contributed by atoms with E-state index in [1.165, 1.54) is 0 Å². The molecule has 3 rings (SSSR count). The summed E-state index contributed by atoms with van der Waals surface area (Å²) in [5.74, 6) is 1.80. The molecule has 0 amide bonds. The molecule has 1 atom stereocenters. The first kappa shape index (κ1) is 15.0. The molecule has 2 heterocycles. The van der Waals surface area contributed by atoms with Crippen LogP contribution in [0.2, 0.25) is 0 Å². The molecule has 7 heteroatoms. The van der Waals surface area contributed by atoms with Crippen molar-refractivity contribution >= 4 is 0 Å². The van der Waals surface area contributed by atoms with E-state index >= 15 is 0 Å². The maximum Gasteiger partial charge on any atom is 0.416 e. The molecule has 0 radical (unpaired) electrons. The molecule has 0 fully saturated rings. The van der Waals surface area contributed by atoms with Crippen molar-refractivity contribution in [3.05, 3.63) is 47.0 Å². The number of nitrogens with zero attached hydrogens (tertiary/aromatic N) is 4. The van der Waals surface area contributed by atoms with Gasteiger partial charge < -0.3 is 4.57 Å². The second-order valence-electron chi connectivity index (χ2n) is 5.58. The number of fused-ring (bicyclic) bond motifs is 1. The number of aromatic nitrogens is 3. The van der Waals surface area contributed by atoms with Crippen molar-refractivity contribution in [3.8, 4) is 0 Å². The molecule has 4 nitrogen and oxygen atoms in total. The van der Waals surface area contributed by atoms with Crippen LogP contribution in [0.15, 0.2) is 24.3 Å². The van der Waals surface area contributed by atoms with Crippen molar-refractivity contribution in [2.45, 2.75) is 39.2 Å². The maximum absolute atomic E-state index is 12.6. The van der Waals surface area contributed by atoms with Crippen LogP contribution in [-0.2, 0) is 19.3 Å². The van der Waals surface area contributed by atoms with Gasteiger partial charge in [-0.3, -0.25) is 4.90 Å². The topological polar surface area (TPSA) is 34.0 Å². The molecule has 0 aliphatic carbocycles. The van der Waals surface area contributed by atoms with Crippen LogP contribution in [0.5, 0.6) is 0 Å². The summed E-state index contributed by atoms with van der Waals surface area (Å²) < 4.78 is 39.9. The summed E-state index contributed by atoms with van der Waals surface area (Å²) >= 11 is 0. The van der Waals surface area contributed by atoms with Crippen molar-refractivity contribution in [1.82, 2.24) is 19.7 Å². The van der Waals surface area contributed by atoms with Gasteiger partial charge in [-0.25, -0.2) is 0 Å². The lowest BCUT2D eigenvalue weighted by molar-refractivity contribution is -0.137. The van der Waals surface area contributed by atoms with Gasteiger partial charge in [-0.2, -0.15) is 13.2 Å². The molecule has 0 N–H and O–H groups in total. The van der Waals surface area contributed by atoms with E-state index in [0.717, 1.165) is 42.4 Å². The first-order valence-electron chi connectivity index (χ1n) is 7.16. The van der Waals surface area contributed by atoms with Crippen molar-refractivity contribution < 1.29 is 13.2 Å². The fourth-order valence-electron chi connectivity index (χ4n) is 2.81. The van der Waals surface area contributed by atoms with Crippen LogP contribution in [0.25, 0.3) is 0 Å². The summed E-state index contributed by atoms with van der Waals surface area (Å²) in [6, 6.07) is 5.43. The fraction of sp³-hybridized carbons (Fsp3) is 0.467. The van der Waals surface area contributed by atoms with E-state index in [1.54, 1.807) is 12.1 Å². The van der Waals surface area contributed by atoms with Crippen LogP contribution in [0.1, 0.15) is 35.7 Å². The molecule has 1 aliphatic rings. The van der Waals surface area contributed by atoms with E-state index in [1.807, 2.05) is 13.8 Å². The number of aryl methyl sites for hydroxylation is 1. The van der Waals surface area contributed by atoms with Gasteiger partial charge in [0.05, 0.1) is 12.1 Å². The van der Waals surface area contributed by atoms with Crippen LogP contribution in [0.4, 0.5) is 13.2 Å². The molecular weight excluding hydrogens is 293 g/mol. The minimum Gasteiger partial charge on any atom is -0.313 e. The summed E-state index contributed by atoms with van der Waals surface area (Å²) in [5.41, 5.74) is 0.259. The molecule has 0 unspecified atom stereocenters. The number of hydrogen-bond donors (Lipinski definition) is 0. The quantitative estimate of drug-likeness (QED) is 0.854. The number of rotatable bonds is 2. The Labute approximate surface area is 126 Å². The molecular formula is C15H17F3N4. The third-order valence-electron chi connectivity index (χ3n) is 4.24. The molecule has 0 spiro atoms. The Kier molecular flexibility index (Phi) is 3.68. The van der Waals surface area contributed by atoms with Gasteiger partial charge in [-0.1, -0.05) is 12.1 Å². The van der Waals surface area contributed by atoms with Gasteiger partial charge in [-0.15, -0.1) is 10.2 Å². The standard InChI is InChI=1S/C15H17F3N4/c1-10(12-3-5-13(6-4-12)15(16,17)18)21-7-8-22-11(2)19-20-14(22)9-21/h3-6,10H,7-9H2,1-2H3/t10-/m1/s1. The monoisotopic (exact) mass is 310 g/mol. The number of alkyl halides is 3. The third kappa shape index (κ3) is 2.72. The second-order valence-corrected chi connectivity index (χ2v) is 5.58. The number of hydrogen-bond acceptors (Lipinski definition) is 3. The van der Waals surface area contributed by atoms with Gasteiger partial charge in [0.2, 0.25) is 0 Å². The Balaban J connectivity index is 1.76. The van der Waals surface area contributed by atoms with E-state index < -0.39 is 11.7 Å². The van der Waals surface area contributed by atoms with Crippen molar-refractivity contribution in [2.75, 3.05) is 6.54 Å². The lowest BCUT2D eigenvalue weighted by Gasteiger charge is -2.33. The average molecular weight is 310 g/mol. The molecule has 1 aromatic carbocycles. The Morgan fingerprint density at radius 1 is 1.09 bits per heavy atom. The summed E-state index contributed by atoms with van der Waals surface area (Å²) in [4.78, 5) is 2.20. The zero-order valence-electron chi connectivity index (χ0n) is 12.4. The Hall–Kier alpha value is -1.89. The molecule has 1 aliphatic heterocycles. The van der Waals surface area contributed by atoms with Crippen LogP contribution in [-0.4, -0.2) is 26.2 Å². The normalized spacial score (nSPS) is 17.3. The summed E-state index contributed by atoms with van der Waals surface area (Å²) in [6.45, 7) is 6.21. The van der Waals surface area contributed by atoms with Crippen LogP contribution < -0.4 is 0 Å². The van der Waals surface area contributed by atoms with Crippen molar-refractivity contribution in [1.29, 1.82) is 0 Å². The van der Waals surface area contributed by atoms with E-state index in [9.17, 15) is 13.2 Å². The van der Waals surface area contributed by atoms with Crippen molar-refractivity contribution in [3.63, 3.8) is 0 Å². The highest BCUT2D eigenvalue weighted by Gasteiger charge is 2.30. The zero-order valence-corrected chi connectivity index (χ0v) is 12.4. The predicted molar refractivity (Wildman–Crippen MR) is 75.0 cm³/mol. The van der Waals surface area contributed by atoms with Crippen LogP contribution >= 0.6 is 0 Å². The molecule has 2 aromatic rings. The van der Waals surface area contributed by atoms with E-state index in [2.05, 4.69) is 19.7 Å². The Bertz CT molecular complexity index is 660. The van der Waals surface area contributed by atoms with Gasteiger partial charge in [-0.05, 0) is 31.5 Å². The van der Waals surface area contributed by atoms with E-state index in [-0.39, 0.29) is 6.04 Å². The lowest BCUT2D eigenvalue weighted by Crippen LogP contribution is -2.36. The SMILES string of the molecule is Cc1nnc2n1CCN([C@H](C)c1ccc(C(F)(F)F)cc1)C2. The number of benzene rings is 1. The highest BCUT2D eigenvalue weighted by molar-refractivity contribution is 5.26. The van der Waals surface area contributed by atoms with Gasteiger partial charge in [0.25, 0.3) is 0 Å². The zero-order chi connectivity index (χ0) is 15.9. The molecule has 1 aromatic heterocycles.